The highest BCUT2D eigenvalue weighted by Crippen LogP contribution is 2.27. The number of halogens is 2. The van der Waals surface area contributed by atoms with Crippen molar-refractivity contribution in [3.8, 4) is 11.3 Å². The van der Waals surface area contributed by atoms with Gasteiger partial charge in [-0.05, 0) is 37.1 Å². The highest BCUT2D eigenvalue weighted by molar-refractivity contribution is 7.89. The topological polar surface area (TPSA) is 74.7 Å². The number of nitrogens with zero attached hydrogens (tertiary/aromatic N) is 3. The minimum atomic E-state index is -3.41. The molecule has 1 N–H and O–H groups in total. The summed E-state index contributed by atoms with van der Waals surface area (Å²) < 4.78 is 26.8. The molecule has 10 heteroatoms. The van der Waals surface area contributed by atoms with E-state index in [1.807, 2.05) is 5.38 Å². The van der Waals surface area contributed by atoms with Gasteiger partial charge in [-0.15, -0.1) is 11.3 Å². The summed E-state index contributed by atoms with van der Waals surface area (Å²) in [6.45, 7) is 1.18. The molecule has 1 saturated heterocycles. The highest BCUT2D eigenvalue weighted by atomic mass is 35.5. The van der Waals surface area contributed by atoms with Crippen molar-refractivity contribution in [2.75, 3.05) is 18.5 Å². The van der Waals surface area contributed by atoms with Crippen molar-refractivity contribution in [1.82, 2.24) is 9.29 Å². The van der Waals surface area contributed by atoms with Crippen LogP contribution < -0.4 is 5.43 Å². The van der Waals surface area contributed by atoms with Crippen molar-refractivity contribution >= 4 is 55.9 Å². The van der Waals surface area contributed by atoms with Crippen molar-refractivity contribution in [3.05, 3.63) is 63.5 Å². The maximum absolute atomic E-state index is 12.6. The Hall–Kier alpha value is -1.97. The minimum Gasteiger partial charge on any atom is -0.253 e. The van der Waals surface area contributed by atoms with Crippen molar-refractivity contribution in [2.45, 2.75) is 17.7 Å². The summed E-state index contributed by atoms with van der Waals surface area (Å²) in [5, 5.41) is 7.73. The molecule has 0 saturated carbocycles. The Balaban J connectivity index is 1.44. The zero-order chi connectivity index (χ0) is 21.1. The van der Waals surface area contributed by atoms with Crippen LogP contribution >= 0.6 is 34.5 Å². The largest absolute Gasteiger partial charge is 0.253 e. The van der Waals surface area contributed by atoms with E-state index < -0.39 is 10.0 Å². The molecule has 156 valence electrons. The Morgan fingerprint density at radius 2 is 1.83 bits per heavy atom. The van der Waals surface area contributed by atoms with Crippen LogP contribution in [0, 0.1) is 0 Å². The number of rotatable bonds is 6. The Morgan fingerprint density at radius 1 is 1.10 bits per heavy atom. The molecule has 1 aliphatic rings. The summed E-state index contributed by atoms with van der Waals surface area (Å²) in [4.78, 5) is 4.81. The Kier molecular flexibility index (Phi) is 6.40. The molecule has 30 heavy (non-hydrogen) atoms. The lowest BCUT2D eigenvalue weighted by Gasteiger charge is -2.15. The molecule has 0 atom stereocenters. The monoisotopic (exact) mass is 480 g/mol. The van der Waals surface area contributed by atoms with Gasteiger partial charge in [-0.3, -0.25) is 5.43 Å². The van der Waals surface area contributed by atoms with Crippen LogP contribution in [0.3, 0.4) is 0 Å². The Labute approximate surface area is 189 Å². The van der Waals surface area contributed by atoms with Crippen molar-refractivity contribution in [2.24, 2.45) is 5.10 Å². The lowest BCUT2D eigenvalue weighted by atomic mass is 10.2. The van der Waals surface area contributed by atoms with Gasteiger partial charge in [-0.25, -0.2) is 13.4 Å². The average Bonchev–Trinajstić information content (AvgIpc) is 3.42. The molecule has 1 fully saturated rings. The average molecular weight is 481 g/mol. The minimum absolute atomic E-state index is 0.311. The zero-order valence-electron chi connectivity index (χ0n) is 15.8. The molecular formula is C20H18Cl2N4O2S2. The summed E-state index contributed by atoms with van der Waals surface area (Å²) in [7, 11) is -3.41. The number of hydrazone groups is 1. The van der Waals surface area contributed by atoms with Gasteiger partial charge in [0.05, 0.1) is 21.8 Å². The fourth-order valence-electron chi connectivity index (χ4n) is 3.10. The molecule has 0 spiro atoms. The molecular weight excluding hydrogens is 463 g/mol. The molecule has 3 aromatic rings. The second-order valence-corrected chi connectivity index (χ2v) is 10.3. The van der Waals surface area contributed by atoms with Crippen LogP contribution in [0.25, 0.3) is 11.3 Å². The van der Waals surface area contributed by atoms with Gasteiger partial charge in [0.15, 0.2) is 0 Å². The number of hydrogen-bond acceptors (Lipinski definition) is 6. The van der Waals surface area contributed by atoms with E-state index in [0.29, 0.717) is 33.2 Å². The van der Waals surface area contributed by atoms with Crippen LogP contribution in [-0.2, 0) is 10.0 Å². The van der Waals surface area contributed by atoms with Crippen molar-refractivity contribution in [1.29, 1.82) is 0 Å². The van der Waals surface area contributed by atoms with Crippen LogP contribution in [0.1, 0.15) is 18.4 Å². The number of thiazole rings is 1. The first-order valence-electron chi connectivity index (χ1n) is 9.24. The molecule has 0 aliphatic carbocycles. The van der Waals surface area contributed by atoms with E-state index in [0.717, 1.165) is 29.7 Å². The van der Waals surface area contributed by atoms with Gasteiger partial charge >= 0.3 is 0 Å². The standard InChI is InChI=1S/C20H18Cl2N4O2S2/c21-16-6-3-15(18(22)11-16)12-23-25-20-24-19(13-29-20)14-4-7-17(8-5-14)30(27,28)26-9-1-2-10-26/h3-8,11-13H,1-2,9-10H2,(H,24,25)/b23-12-. The third kappa shape index (κ3) is 4.68. The van der Waals surface area contributed by atoms with Gasteiger partial charge in [0.25, 0.3) is 0 Å². The van der Waals surface area contributed by atoms with Crippen LogP contribution in [0.5, 0.6) is 0 Å². The molecule has 2 aromatic carbocycles. The molecule has 1 aliphatic heterocycles. The maximum Gasteiger partial charge on any atom is 0.243 e. The smallest absolute Gasteiger partial charge is 0.243 e. The van der Waals surface area contributed by atoms with Crippen molar-refractivity contribution in [3.63, 3.8) is 0 Å². The second-order valence-electron chi connectivity index (χ2n) is 6.71. The van der Waals surface area contributed by atoms with Crippen LogP contribution in [0.15, 0.2) is 57.8 Å². The predicted molar refractivity (Wildman–Crippen MR) is 123 cm³/mol. The third-order valence-electron chi connectivity index (χ3n) is 4.68. The van der Waals surface area contributed by atoms with E-state index in [4.69, 9.17) is 23.2 Å². The number of benzene rings is 2. The summed E-state index contributed by atoms with van der Waals surface area (Å²) in [6.07, 6.45) is 3.43. The number of anilines is 1. The van der Waals surface area contributed by atoms with E-state index in [2.05, 4.69) is 15.5 Å². The van der Waals surface area contributed by atoms with E-state index >= 15 is 0 Å². The summed E-state index contributed by atoms with van der Waals surface area (Å²) >= 11 is 13.4. The van der Waals surface area contributed by atoms with Gasteiger partial charge < -0.3 is 0 Å². The van der Waals surface area contributed by atoms with Crippen molar-refractivity contribution < 1.29 is 8.42 Å². The molecule has 0 bridgehead atoms. The molecule has 0 unspecified atom stereocenters. The molecule has 0 amide bonds. The number of sulfonamides is 1. The Bertz CT molecular complexity index is 1170. The van der Waals surface area contributed by atoms with Gasteiger partial charge in [0.1, 0.15) is 0 Å². The summed E-state index contributed by atoms with van der Waals surface area (Å²) in [5.74, 6) is 0. The highest BCUT2D eigenvalue weighted by Gasteiger charge is 2.26. The maximum atomic E-state index is 12.6. The Morgan fingerprint density at radius 3 is 2.53 bits per heavy atom. The normalized spacial score (nSPS) is 15.1. The van der Waals surface area contributed by atoms with E-state index in [-0.39, 0.29) is 0 Å². The first-order chi connectivity index (χ1) is 14.4. The molecule has 6 nitrogen and oxygen atoms in total. The number of nitrogens with one attached hydrogen (secondary N) is 1. The van der Waals surface area contributed by atoms with Crippen LogP contribution in [0.2, 0.25) is 10.0 Å². The number of aromatic nitrogens is 1. The van der Waals surface area contributed by atoms with Crippen LogP contribution in [0.4, 0.5) is 5.13 Å². The summed E-state index contributed by atoms with van der Waals surface area (Å²) in [5.41, 5.74) is 5.20. The summed E-state index contributed by atoms with van der Waals surface area (Å²) in [6, 6.07) is 12.0. The lowest BCUT2D eigenvalue weighted by Crippen LogP contribution is -2.27. The molecule has 4 rings (SSSR count). The van der Waals surface area contributed by atoms with Gasteiger partial charge in [0.2, 0.25) is 15.2 Å². The van der Waals surface area contributed by atoms with E-state index in [9.17, 15) is 8.42 Å². The quantitative estimate of drug-likeness (QED) is 0.381. The van der Waals surface area contributed by atoms with Gasteiger partial charge in [0, 0.05) is 34.6 Å². The fourth-order valence-corrected chi connectivity index (χ4v) is 5.74. The first-order valence-corrected chi connectivity index (χ1v) is 12.3. The second kappa shape index (κ2) is 9.03. The first kappa shape index (κ1) is 21.3. The zero-order valence-corrected chi connectivity index (χ0v) is 18.9. The fraction of sp³-hybridized carbons (Fsp3) is 0.200. The van der Waals surface area contributed by atoms with Gasteiger partial charge in [-0.2, -0.15) is 9.41 Å². The van der Waals surface area contributed by atoms with Gasteiger partial charge in [-0.1, -0.05) is 41.4 Å². The van der Waals surface area contributed by atoms with E-state index in [1.165, 1.54) is 15.6 Å². The molecule has 2 heterocycles. The van der Waals surface area contributed by atoms with E-state index in [1.54, 1.807) is 48.7 Å². The lowest BCUT2D eigenvalue weighted by molar-refractivity contribution is 0.477. The molecule has 1 aromatic heterocycles. The number of hydrogen-bond donors (Lipinski definition) is 1. The third-order valence-corrected chi connectivity index (χ3v) is 7.91. The van der Waals surface area contributed by atoms with Crippen LogP contribution in [-0.4, -0.2) is 37.0 Å². The molecule has 0 radical (unpaired) electrons. The SMILES string of the molecule is O=S(=O)(c1ccc(-c2csc(N/N=C\c3ccc(Cl)cc3Cl)n2)cc1)N1CCCC1. The predicted octanol–water partition coefficient (Wildman–Crippen LogP) is 5.35.